The van der Waals surface area contributed by atoms with E-state index in [-0.39, 0.29) is 25.2 Å². The smallest absolute Gasteiger partial charge is 0.306 e. The lowest BCUT2D eigenvalue weighted by molar-refractivity contribution is -0.161. The molecule has 0 saturated heterocycles. The molecule has 1 N–H and O–H groups in total. The Morgan fingerprint density at radius 1 is 0.423 bits per heavy atom. The number of carbonyl (C=O) groups is 2. The Hall–Kier alpha value is -1.62. The van der Waals surface area contributed by atoms with E-state index in [2.05, 4.69) is 38.2 Å². The number of aliphatic hydroxyl groups excluding tert-OH is 1. The van der Waals surface area contributed by atoms with Crippen LogP contribution in [0.15, 0.2) is 24.3 Å². The van der Waals surface area contributed by atoms with Crippen LogP contribution in [0.4, 0.5) is 0 Å². The summed E-state index contributed by atoms with van der Waals surface area (Å²) in [7, 11) is 0. The summed E-state index contributed by atoms with van der Waals surface area (Å²) >= 11 is 0. The third kappa shape index (κ3) is 41.1. The maximum absolute atomic E-state index is 12.2. The van der Waals surface area contributed by atoms with E-state index in [0.29, 0.717) is 12.8 Å². The standard InChI is InChI=1S/C47H88O5/c1-3-5-7-9-11-13-15-17-18-19-20-21-22-23-24-25-26-27-28-30-32-34-36-38-40-42-47(50)52-45(43-48)44-51-46(49)41-39-37-35-33-31-29-16-14-12-10-8-6-4-2/h14,16,19-20,45,48H,3-13,15,17-18,21-44H2,1-2H3/b16-14-,20-19-. The van der Waals surface area contributed by atoms with Gasteiger partial charge in [-0.1, -0.05) is 192 Å². The normalized spacial score (nSPS) is 12.3. The van der Waals surface area contributed by atoms with E-state index >= 15 is 0 Å². The highest BCUT2D eigenvalue weighted by Crippen LogP contribution is 2.15. The molecule has 0 aromatic heterocycles. The quantitative estimate of drug-likeness (QED) is 0.0384. The minimum absolute atomic E-state index is 0.0665. The Labute approximate surface area is 323 Å². The van der Waals surface area contributed by atoms with Gasteiger partial charge in [-0.3, -0.25) is 9.59 Å². The number of carbonyl (C=O) groups excluding carboxylic acids is 2. The number of esters is 2. The van der Waals surface area contributed by atoms with Gasteiger partial charge >= 0.3 is 11.9 Å². The second-order valence-corrected chi connectivity index (χ2v) is 15.5. The lowest BCUT2D eigenvalue weighted by Gasteiger charge is -2.15. The van der Waals surface area contributed by atoms with Crippen LogP contribution >= 0.6 is 0 Å². The number of aliphatic hydroxyl groups is 1. The molecule has 306 valence electrons. The van der Waals surface area contributed by atoms with Crippen molar-refractivity contribution in [3.63, 3.8) is 0 Å². The fourth-order valence-electron chi connectivity index (χ4n) is 6.72. The van der Waals surface area contributed by atoms with Crippen LogP contribution in [0.1, 0.15) is 245 Å². The average molecular weight is 733 g/mol. The molecule has 1 atom stereocenters. The molecule has 0 heterocycles. The summed E-state index contributed by atoms with van der Waals surface area (Å²) in [4.78, 5) is 24.3. The van der Waals surface area contributed by atoms with E-state index in [1.807, 2.05) is 0 Å². The predicted molar refractivity (Wildman–Crippen MR) is 224 cm³/mol. The molecule has 5 nitrogen and oxygen atoms in total. The van der Waals surface area contributed by atoms with Crippen molar-refractivity contribution in [2.45, 2.75) is 251 Å². The molecule has 0 rings (SSSR count). The van der Waals surface area contributed by atoms with Gasteiger partial charge in [-0.15, -0.1) is 0 Å². The summed E-state index contributed by atoms with van der Waals surface area (Å²) in [6, 6.07) is 0. The number of hydrogen-bond donors (Lipinski definition) is 1. The summed E-state index contributed by atoms with van der Waals surface area (Å²) in [5.41, 5.74) is 0. The second-order valence-electron chi connectivity index (χ2n) is 15.5. The number of allylic oxidation sites excluding steroid dienone is 4. The third-order valence-corrected chi connectivity index (χ3v) is 10.2. The highest BCUT2D eigenvalue weighted by atomic mass is 16.6. The van der Waals surface area contributed by atoms with Crippen LogP contribution in [0, 0.1) is 0 Å². The van der Waals surface area contributed by atoms with Crippen molar-refractivity contribution < 1.29 is 24.2 Å². The molecule has 0 aliphatic rings. The monoisotopic (exact) mass is 733 g/mol. The average Bonchev–Trinajstić information content (AvgIpc) is 3.15. The fraction of sp³-hybridized carbons (Fsp3) is 0.872. The van der Waals surface area contributed by atoms with Crippen LogP contribution in [0.3, 0.4) is 0 Å². The second kappa shape index (κ2) is 43.8. The van der Waals surface area contributed by atoms with Gasteiger partial charge in [0.15, 0.2) is 6.10 Å². The first-order chi connectivity index (χ1) is 25.6. The van der Waals surface area contributed by atoms with Crippen LogP contribution in [-0.2, 0) is 19.1 Å². The highest BCUT2D eigenvalue weighted by Gasteiger charge is 2.16. The topological polar surface area (TPSA) is 72.8 Å². The molecule has 0 radical (unpaired) electrons. The molecule has 5 heteroatoms. The lowest BCUT2D eigenvalue weighted by Crippen LogP contribution is -2.28. The van der Waals surface area contributed by atoms with Gasteiger partial charge in [0.25, 0.3) is 0 Å². The van der Waals surface area contributed by atoms with Crippen LogP contribution < -0.4 is 0 Å². The van der Waals surface area contributed by atoms with Crippen molar-refractivity contribution in [1.29, 1.82) is 0 Å². The molecule has 0 spiro atoms. The summed E-state index contributed by atoms with van der Waals surface area (Å²) in [6.45, 7) is 4.13. The summed E-state index contributed by atoms with van der Waals surface area (Å²) in [5, 5.41) is 9.58. The van der Waals surface area contributed by atoms with Gasteiger partial charge in [0.1, 0.15) is 6.61 Å². The van der Waals surface area contributed by atoms with Crippen LogP contribution in [-0.4, -0.2) is 36.4 Å². The molecular weight excluding hydrogens is 645 g/mol. The van der Waals surface area contributed by atoms with Crippen molar-refractivity contribution in [3.05, 3.63) is 24.3 Å². The first kappa shape index (κ1) is 50.4. The van der Waals surface area contributed by atoms with Crippen molar-refractivity contribution in [3.8, 4) is 0 Å². The summed E-state index contributed by atoms with van der Waals surface area (Å²) < 4.78 is 10.6. The molecule has 0 aromatic rings. The third-order valence-electron chi connectivity index (χ3n) is 10.2. The molecule has 0 aliphatic heterocycles. The van der Waals surface area contributed by atoms with E-state index in [9.17, 15) is 14.7 Å². The zero-order valence-electron chi connectivity index (χ0n) is 34.8. The Morgan fingerprint density at radius 2 is 0.712 bits per heavy atom. The highest BCUT2D eigenvalue weighted by molar-refractivity contribution is 5.70. The number of hydrogen-bond acceptors (Lipinski definition) is 5. The lowest BCUT2D eigenvalue weighted by atomic mass is 10.0. The van der Waals surface area contributed by atoms with E-state index < -0.39 is 6.10 Å². The Balaban J connectivity index is 3.47. The van der Waals surface area contributed by atoms with E-state index in [0.717, 1.165) is 44.9 Å². The fourth-order valence-corrected chi connectivity index (χ4v) is 6.72. The van der Waals surface area contributed by atoms with Crippen LogP contribution in [0.25, 0.3) is 0 Å². The van der Waals surface area contributed by atoms with E-state index in [1.165, 1.54) is 173 Å². The van der Waals surface area contributed by atoms with Gasteiger partial charge in [-0.25, -0.2) is 0 Å². The van der Waals surface area contributed by atoms with E-state index in [1.54, 1.807) is 0 Å². The molecule has 52 heavy (non-hydrogen) atoms. The predicted octanol–water partition coefficient (Wildman–Crippen LogP) is 14.6. The SMILES string of the molecule is CCCCCC/C=C\CCCCCCCC(=O)OCC(CO)OC(=O)CCCCCCCCCCCCCCC/C=C\CCCCCCCCCC. The van der Waals surface area contributed by atoms with Crippen molar-refractivity contribution >= 4 is 11.9 Å². The molecular formula is C47H88O5. The molecule has 0 amide bonds. The number of rotatable bonds is 42. The molecule has 1 unspecified atom stereocenters. The minimum Gasteiger partial charge on any atom is -0.462 e. The van der Waals surface area contributed by atoms with Gasteiger partial charge in [0.2, 0.25) is 0 Å². The zero-order chi connectivity index (χ0) is 37.8. The number of unbranched alkanes of at least 4 members (excludes halogenated alkanes) is 30. The van der Waals surface area contributed by atoms with Crippen LogP contribution in [0.2, 0.25) is 0 Å². The zero-order valence-corrected chi connectivity index (χ0v) is 34.8. The van der Waals surface area contributed by atoms with Gasteiger partial charge in [0.05, 0.1) is 6.61 Å². The molecule has 0 bridgehead atoms. The minimum atomic E-state index is -0.771. The summed E-state index contributed by atoms with van der Waals surface area (Å²) in [5.74, 6) is -0.592. The maximum atomic E-state index is 12.2. The van der Waals surface area contributed by atoms with E-state index in [4.69, 9.17) is 9.47 Å². The summed E-state index contributed by atoms with van der Waals surface area (Å²) in [6.07, 6.45) is 52.6. The van der Waals surface area contributed by atoms with Crippen molar-refractivity contribution in [2.75, 3.05) is 13.2 Å². The van der Waals surface area contributed by atoms with Crippen molar-refractivity contribution in [1.82, 2.24) is 0 Å². The Kier molecular flexibility index (Phi) is 42.4. The number of ether oxygens (including phenoxy) is 2. The Morgan fingerprint density at radius 3 is 1.06 bits per heavy atom. The van der Waals surface area contributed by atoms with Crippen LogP contribution in [0.5, 0.6) is 0 Å². The van der Waals surface area contributed by atoms with Gasteiger partial charge in [-0.2, -0.15) is 0 Å². The maximum Gasteiger partial charge on any atom is 0.306 e. The largest absolute Gasteiger partial charge is 0.462 e. The molecule has 0 aromatic carbocycles. The van der Waals surface area contributed by atoms with Gasteiger partial charge in [0, 0.05) is 12.8 Å². The molecule has 0 saturated carbocycles. The Bertz CT molecular complexity index is 791. The first-order valence-electron chi connectivity index (χ1n) is 22.9. The van der Waals surface area contributed by atoms with Gasteiger partial charge in [-0.05, 0) is 64.2 Å². The van der Waals surface area contributed by atoms with Gasteiger partial charge < -0.3 is 14.6 Å². The molecule has 0 fully saturated rings. The first-order valence-corrected chi connectivity index (χ1v) is 22.9. The van der Waals surface area contributed by atoms with Crippen molar-refractivity contribution in [2.24, 2.45) is 0 Å². The molecule has 0 aliphatic carbocycles.